The molecular formula is C16H33N. The summed E-state index contributed by atoms with van der Waals surface area (Å²) in [6.07, 6.45) is 12.6. The van der Waals surface area contributed by atoms with Crippen molar-refractivity contribution in [3.63, 3.8) is 0 Å². The fourth-order valence-electron chi connectivity index (χ4n) is 2.18. The molecule has 1 heteroatoms. The molecule has 0 amide bonds. The molecule has 0 aromatic heterocycles. The van der Waals surface area contributed by atoms with Crippen molar-refractivity contribution in [1.82, 2.24) is 0 Å². The van der Waals surface area contributed by atoms with Crippen molar-refractivity contribution in [1.29, 1.82) is 0 Å². The van der Waals surface area contributed by atoms with Crippen molar-refractivity contribution in [2.45, 2.75) is 79.1 Å². The molecule has 0 bridgehead atoms. The third-order valence-corrected chi connectivity index (χ3v) is 3.79. The van der Waals surface area contributed by atoms with Gasteiger partial charge in [0.15, 0.2) is 0 Å². The van der Waals surface area contributed by atoms with Crippen molar-refractivity contribution >= 4 is 6.21 Å². The summed E-state index contributed by atoms with van der Waals surface area (Å²) in [4.78, 5) is 4.53. The largest absolute Gasteiger partial charge is 0.298 e. The second kappa shape index (κ2) is 12.1. The first-order chi connectivity index (χ1) is 8.24. The van der Waals surface area contributed by atoms with Crippen LogP contribution < -0.4 is 0 Å². The van der Waals surface area contributed by atoms with Crippen LogP contribution in [0.3, 0.4) is 0 Å². The first-order valence-electron chi connectivity index (χ1n) is 7.72. The molecule has 0 heterocycles. The van der Waals surface area contributed by atoms with E-state index in [0.29, 0.717) is 0 Å². The van der Waals surface area contributed by atoms with Gasteiger partial charge in [-0.2, -0.15) is 0 Å². The van der Waals surface area contributed by atoms with E-state index in [9.17, 15) is 0 Å². The highest BCUT2D eigenvalue weighted by molar-refractivity contribution is 5.56. The molecule has 0 spiro atoms. The maximum absolute atomic E-state index is 4.53. The molecule has 17 heavy (non-hydrogen) atoms. The molecule has 0 aromatic rings. The Morgan fingerprint density at radius 2 is 1.71 bits per heavy atom. The van der Waals surface area contributed by atoms with Gasteiger partial charge < -0.3 is 0 Å². The quantitative estimate of drug-likeness (QED) is 0.423. The number of aliphatic imine (C=N–C) groups is 1. The second-order valence-electron chi connectivity index (χ2n) is 5.38. The molecule has 0 N–H and O–H groups in total. The van der Waals surface area contributed by atoms with E-state index in [4.69, 9.17) is 0 Å². The van der Waals surface area contributed by atoms with E-state index >= 15 is 0 Å². The highest BCUT2D eigenvalue weighted by Gasteiger charge is 2.01. The van der Waals surface area contributed by atoms with Crippen molar-refractivity contribution in [3.05, 3.63) is 0 Å². The maximum Gasteiger partial charge on any atom is 0.0387 e. The highest BCUT2D eigenvalue weighted by Crippen LogP contribution is 2.14. The minimum atomic E-state index is 0.853. The Bertz CT molecular complexity index is 170. The summed E-state index contributed by atoms with van der Waals surface area (Å²) < 4.78 is 0. The summed E-state index contributed by atoms with van der Waals surface area (Å²) in [6.45, 7) is 10.2. The minimum Gasteiger partial charge on any atom is -0.298 e. The van der Waals surface area contributed by atoms with E-state index < -0.39 is 0 Å². The molecule has 0 radical (unpaired) electrons. The Morgan fingerprint density at radius 1 is 1.00 bits per heavy atom. The maximum atomic E-state index is 4.53. The number of hydrogen-bond donors (Lipinski definition) is 0. The lowest BCUT2D eigenvalue weighted by Crippen LogP contribution is -1.98. The molecule has 1 atom stereocenters. The molecule has 0 aromatic carbocycles. The molecule has 0 aliphatic heterocycles. The van der Waals surface area contributed by atoms with Crippen LogP contribution in [0.5, 0.6) is 0 Å². The smallest absolute Gasteiger partial charge is 0.0387 e. The number of unbranched alkanes of at least 4 members (excludes halogenated alkanes) is 1. The Kier molecular flexibility index (Phi) is 11.9. The summed E-state index contributed by atoms with van der Waals surface area (Å²) in [5, 5.41) is 0. The average molecular weight is 239 g/mol. The predicted octanol–water partition coefficient (Wildman–Crippen LogP) is 5.49. The van der Waals surface area contributed by atoms with Crippen LogP contribution in [0.4, 0.5) is 0 Å². The van der Waals surface area contributed by atoms with Gasteiger partial charge in [-0.3, -0.25) is 4.99 Å². The van der Waals surface area contributed by atoms with Gasteiger partial charge in [0.05, 0.1) is 0 Å². The number of rotatable bonds is 11. The summed E-state index contributed by atoms with van der Waals surface area (Å²) in [5.74, 6) is 1.76. The van der Waals surface area contributed by atoms with Gasteiger partial charge in [-0.25, -0.2) is 0 Å². The molecule has 0 fully saturated rings. The van der Waals surface area contributed by atoms with E-state index in [1.165, 1.54) is 51.4 Å². The standard InChI is InChI=1S/C16H33N/c1-5-8-10-15(4)12-14-17-13-9-11-16(6-2)7-3/h13,15-16H,5-12,14H2,1-4H3/t15-/m0/s1. The average Bonchev–Trinajstić information content (AvgIpc) is 2.35. The van der Waals surface area contributed by atoms with Crippen LogP contribution in [0.15, 0.2) is 4.99 Å². The van der Waals surface area contributed by atoms with Gasteiger partial charge in [-0.1, -0.05) is 59.8 Å². The molecule has 0 aliphatic rings. The van der Waals surface area contributed by atoms with Gasteiger partial charge in [0.2, 0.25) is 0 Å². The highest BCUT2D eigenvalue weighted by atomic mass is 14.7. The fourth-order valence-corrected chi connectivity index (χ4v) is 2.18. The topological polar surface area (TPSA) is 12.4 Å². The molecule has 0 unspecified atom stereocenters. The van der Waals surface area contributed by atoms with E-state index in [2.05, 4.69) is 38.9 Å². The Hall–Kier alpha value is -0.330. The van der Waals surface area contributed by atoms with Gasteiger partial charge >= 0.3 is 0 Å². The van der Waals surface area contributed by atoms with Crippen molar-refractivity contribution in [2.24, 2.45) is 16.8 Å². The zero-order valence-corrected chi connectivity index (χ0v) is 12.5. The molecular weight excluding hydrogens is 206 g/mol. The minimum absolute atomic E-state index is 0.853. The lowest BCUT2D eigenvalue weighted by molar-refractivity contribution is 0.465. The number of nitrogens with zero attached hydrogens (tertiary/aromatic N) is 1. The summed E-state index contributed by atoms with van der Waals surface area (Å²) in [6, 6.07) is 0. The second-order valence-corrected chi connectivity index (χ2v) is 5.38. The molecule has 102 valence electrons. The van der Waals surface area contributed by atoms with Gasteiger partial charge in [0.1, 0.15) is 0 Å². The molecule has 1 nitrogen and oxygen atoms in total. The zero-order chi connectivity index (χ0) is 12.9. The molecule has 0 rings (SSSR count). The van der Waals surface area contributed by atoms with Crippen LogP contribution in [0.25, 0.3) is 0 Å². The first kappa shape index (κ1) is 16.7. The van der Waals surface area contributed by atoms with E-state index in [0.717, 1.165) is 18.4 Å². The van der Waals surface area contributed by atoms with Crippen LogP contribution in [0, 0.1) is 11.8 Å². The summed E-state index contributed by atoms with van der Waals surface area (Å²) >= 11 is 0. The van der Waals surface area contributed by atoms with Crippen LogP contribution in [0.2, 0.25) is 0 Å². The monoisotopic (exact) mass is 239 g/mol. The van der Waals surface area contributed by atoms with Gasteiger partial charge in [0.25, 0.3) is 0 Å². The lowest BCUT2D eigenvalue weighted by Gasteiger charge is -2.09. The van der Waals surface area contributed by atoms with Crippen LogP contribution in [-0.4, -0.2) is 12.8 Å². The Labute approximate surface area is 109 Å². The molecule has 0 aliphatic carbocycles. The summed E-state index contributed by atoms with van der Waals surface area (Å²) in [5.41, 5.74) is 0. The van der Waals surface area contributed by atoms with Crippen molar-refractivity contribution < 1.29 is 0 Å². The first-order valence-corrected chi connectivity index (χ1v) is 7.72. The predicted molar refractivity (Wildman–Crippen MR) is 80.0 cm³/mol. The fraction of sp³-hybridized carbons (Fsp3) is 0.938. The Balaban J connectivity index is 3.41. The SMILES string of the molecule is CCCC[C@H](C)CCN=CCCC(CC)CC. The van der Waals surface area contributed by atoms with E-state index in [1.54, 1.807) is 0 Å². The van der Waals surface area contributed by atoms with Gasteiger partial charge in [-0.15, -0.1) is 0 Å². The summed E-state index contributed by atoms with van der Waals surface area (Å²) in [7, 11) is 0. The zero-order valence-electron chi connectivity index (χ0n) is 12.5. The lowest BCUT2D eigenvalue weighted by atomic mass is 9.98. The van der Waals surface area contributed by atoms with Crippen LogP contribution in [-0.2, 0) is 0 Å². The van der Waals surface area contributed by atoms with Crippen LogP contribution in [0.1, 0.15) is 79.1 Å². The third-order valence-electron chi connectivity index (χ3n) is 3.79. The van der Waals surface area contributed by atoms with Gasteiger partial charge in [-0.05, 0) is 37.3 Å². The van der Waals surface area contributed by atoms with Crippen molar-refractivity contribution in [2.75, 3.05) is 6.54 Å². The molecule has 0 saturated carbocycles. The molecule has 0 saturated heterocycles. The van der Waals surface area contributed by atoms with Gasteiger partial charge in [0, 0.05) is 6.54 Å². The van der Waals surface area contributed by atoms with Crippen molar-refractivity contribution in [3.8, 4) is 0 Å². The normalized spacial score (nSPS) is 13.7. The van der Waals surface area contributed by atoms with E-state index in [-0.39, 0.29) is 0 Å². The number of hydrogen-bond acceptors (Lipinski definition) is 1. The Morgan fingerprint density at radius 3 is 2.29 bits per heavy atom. The van der Waals surface area contributed by atoms with E-state index in [1.807, 2.05) is 0 Å². The third kappa shape index (κ3) is 10.5. The van der Waals surface area contributed by atoms with Crippen LogP contribution >= 0.6 is 0 Å².